The molecular weight excluding hydrogens is 370 g/mol. The highest BCUT2D eigenvalue weighted by Crippen LogP contribution is 2.61. The summed E-state index contributed by atoms with van der Waals surface area (Å²) < 4.78 is 3.92. The second kappa shape index (κ2) is 6.57. The molecule has 4 bridgehead atoms. The summed E-state index contributed by atoms with van der Waals surface area (Å²) in [6, 6.07) is 0. The van der Waals surface area contributed by atoms with Crippen molar-refractivity contribution in [3.63, 3.8) is 0 Å². The van der Waals surface area contributed by atoms with E-state index in [1.807, 2.05) is 0 Å². The Morgan fingerprint density at radius 1 is 1.10 bits per heavy atom. The van der Waals surface area contributed by atoms with Gasteiger partial charge in [0.2, 0.25) is 5.91 Å². The molecule has 0 spiro atoms. The summed E-state index contributed by atoms with van der Waals surface area (Å²) in [5, 5.41) is 3.06. The van der Waals surface area contributed by atoms with Gasteiger partial charge in [-0.2, -0.15) is 0 Å². The molecule has 2 aromatic heterocycles. The van der Waals surface area contributed by atoms with E-state index in [9.17, 15) is 14.4 Å². The third kappa shape index (κ3) is 3.04. The predicted molar refractivity (Wildman–Crippen MR) is 108 cm³/mol. The average Bonchev–Trinajstić information content (AvgIpc) is 3.07. The molecule has 0 radical (unpaired) electrons. The molecule has 0 aromatic carbocycles. The van der Waals surface area contributed by atoms with Crippen LogP contribution in [0.3, 0.4) is 0 Å². The molecule has 0 aliphatic heterocycles. The van der Waals surface area contributed by atoms with Gasteiger partial charge in [-0.05, 0) is 68.1 Å². The third-order valence-electron chi connectivity index (χ3n) is 7.67. The maximum atomic E-state index is 12.6. The van der Waals surface area contributed by atoms with Gasteiger partial charge in [-0.1, -0.05) is 0 Å². The van der Waals surface area contributed by atoms with E-state index in [0.29, 0.717) is 17.6 Å². The summed E-state index contributed by atoms with van der Waals surface area (Å²) in [5.41, 5.74) is 0.179. The predicted octanol–water partition coefficient (Wildman–Crippen LogP) is 1.16. The number of imidazole rings is 1. The zero-order chi connectivity index (χ0) is 20.3. The van der Waals surface area contributed by atoms with Crippen molar-refractivity contribution in [2.24, 2.45) is 37.3 Å². The van der Waals surface area contributed by atoms with Gasteiger partial charge >= 0.3 is 5.69 Å². The number of nitrogens with one attached hydrogen (secondary N) is 1. The highest BCUT2D eigenvalue weighted by atomic mass is 16.2. The van der Waals surface area contributed by atoms with Crippen LogP contribution in [0, 0.1) is 23.2 Å². The van der Waals surface area contributed by atoms with Crippen molar-refractivity contribution in [3.05, 3.63) is 27.2 Å². The Labute approximate surface area is 168 Å². The third-order valence-corrected chi connectivity index (χ3v) is 7.67. The maximum absolute atomic E-state index is 12.6. The van der Waals surface area contributed by atoms with Crippen molar-refractivity contribution >= 4 is 17.1 Å². The highest BCUT2D eigenvalue weighted by molar-refractivity contribution is 5.78. The molecule has 6 rings (SSSR count). The molecule has 2 aromatic rings. The summed E-state index contributed by atoms with van der Waals surface area (Å²) in [6.45, 7) is 0.721. The minimum atomic E-state index is -0.429. The van der Waals surface area contributed by atoms with Gasteiger partial charge in [0.25, 0.3) is 5.56 Å². The Morgan fingerprint density at radius 3 is 2.34 bits per heavy atom. The molecule has 4 aliphatic carbocycles. The van der Waals surface area contributed by atoms with Crippen molar-refractivity contribution in [3.8, 4) is 0 Å². The molecule has 8 nitrogen and oxygen atoms in total. The lowest BCUT2D eigenvalue weighted by molar-refractivity contribution is -0.122. The van der Waals surface area contributed by atoms with Crippen LogP contribution in [0.25, 0.3) is 11.2 Å². The van der Waals surface area contributed by atoms with Crippen LogP contribution in [0.1, 0.15) is 44.9 Å². The summed E-state index contributed by atoms with van der Waals surface area (Å²) in [6.07, 6.45) is 10.8. The first-order valence-corrected chi connectivity index (χ1v) is 10.7. The maximum Gasteiger partial charge on any atom is 0.332 e. The number of carbonyl (C=O) groups is 1. The van der Waals surface area contributed by atoms with Gasteiger partial charge in [0.1, 0.15) is 6.54 Å². The van der Waals surface area contributed by atoms with E-state index in [0.717, 1.165) is 28.7 Å². The molecule has 4 saturated carbocycles. The number of aromatic nitrogens is 4. The van der Waals surface area contributed by atoms with E-state index >= 15 is 0 Å². The Bertz CT molecular complexity index is 1060. The fraction of sp³-hybridized carbons (Fsp3) is 0.714. The minimum Gasteiger partial charge on any atom is -0.355 e. The normalized spacial score (nSPS) is 30.2. The molecule has 4 aliphatic rings. The fourth-order valence-corrected chi connectivity index (χ4v) is 6.79. The van der Waals surface area contributed by atoms with Crippen LogP contribution in [-0.2, 0) is 25.4 Å². The summed E-state index contributed by atoms with van der Waals surface area (Å²) >= 11 is 0. The van der Waals surface area contributed by atoms with E-state index in [1.165, 1.54) is 61.0 Å². The number of hydrogen-bond acceptors (Lipinski definition) is 4. The van der Waals surface area contributed by atoms with E-state index in [4.69, 9.17) is 0 Å². The molecule has 29 heavy (non-hydrogen) atoms. The van der Waals surface area contributed by atoms with Gasteiger partial charge in [-0.15, -0.1) is 0 Å². The Balaban J connectivity index is 1.25. The lowest BCUT2D eigenvalue weighted by Gasteiger charge is -2.57. The van der Waals surface area contributed by atoms with Crippen molar-refractivity contribution in [2.75, 3.05) is 6.54 Å². The number of hydrogen-bond donors (Lipinski definition) is 1. The first kappa shape index (κ1) is 18.6. The number of amides is 1. The van der Waals surface area contributed by atoms with Crippen LogP contribution >= 0.6 is 0 Å². The van der Waals surface area contributed by atoms with Crippen LogP contribution in [0.2, 0.25) is 0 Å². The van der Waals surface area contributed by atoms with Gasteiger partial charge in [0.05, 0.1) is 6.33 Å². The van der Waals surface area contributed by atoms with Gasteiger partial charge < -0.3 is 9.88 Å². The summed E-state index contributed by atoms with van der Waals surface area (Å²) in [7, 11) is 3.01. The monoisotopic (exact) mass is 399 g/mol. The highest BCUT2D eigenvalue weighted by Gasteiger charge is 2.50. The van der Waals surface area contributed by atoms with E-state index in [2.05, 4.69) is 10.3 Å². The first-order valence-electron chi connectivity index (χ1n) is 10.7. The van der Waals surface area contributed by atoms with Crippen LogP contribution in [-0.4, -0.2) is 31.1 Å². The molecule has 4 fully saturated rings. The largest absolute Gasteiger partial charge is 0.355 e. The summed E-state index contributed by atoms with van der Waals surface area (Å²) in [5.74, 6) is 2.62. The standard InChI is InChI=1S/C21H29N5O3/c1-24-18-17(19(28)25(2)20(24)29)26(12-23-18)11-16(27)22-4-3-21-8-13-5-14(9-21)7-15(6-13)10-21/h12-15H,3-11H2,1-2H3,(H,22,27). The van der Waals surface area contributed by atoms with Gasteiger partial charge in [0, 0.05) is 20.6 Å². The van der Waals surface area contributed by atoms with Gasteiger partial charge in [-0.25, -0.2) is 9.78 Å². The van der Waals surface area contributed by atoms with Crippen molar-refractivity contribution < 1.29 is 4.79 Å². The van der Waals surface area contributed by atoms with Crippen LogP contribution < -0.4 is 16.6 Å². The lowest BCUT2D eigenvalue weighted by Crippen LogP contribution is -2.47. The van der Waals surface area contributed by atoms with Crippen LogP contribution in [0.4, 0.5) is 0 Å². The molecule has 0 saturated heterocycles. The van der Waals surface area contributed by atoms with Crippen molar-refractivity contribution in [1.29, 1.82) is 0 Å². The quantitative estimate of drug-likeness (QED) is 0.817. The molecule has 0 unspecified atom stereocenters. The van der Waals surface area contributed by atoms with Crippen molar-refractivity contribution in [1.82, 2.24) is 24.0 Å². The summed E-state index contributed by atoms with van der Waals surface area (Å²) in [4.78, 5) is 41.3. The van der Waals surface area contributed by atoms with Gasteiger partial charge in [0.15, 0.2) is 11.2 Å². The molecular formula is C21H29N5O3. The Morgan fingerprint density at radius 2 is 1.72 bits per heavy atom. The average molecular weight is 399 g/mol. The smallest absolute Gasteiger partial charge is 0.332 e. The number of nitrogens with zero attached hydrogens (tertiary/aromatic N) is 4. The zero-order valence-electron chi connectivity index (χ0n) is 17.2. The zero-order valence-corrected chi connectivity index (χ0v) is 17.2. The Kier molecular flexibility index (Phi) is 4.22. The molecule has 1 N–H and O–H groups in total. The van der Waals surface area contributed by atoms with Crippen molar-refractivity contribution in [2.45, 2.75) is 51.5 Å². The fourth-order valence-electron chi connectivity index (χ4n) is 6.79. The SMILES string of the molecule is Cn1c(=O)c2c(ncn2CC(=O)NCCC23CC4CC(CC(C4)C2)C3)n(C)c1=O. The minimum absolute atomic E-state index is 0.0326. The number of carbonyl (C=O) groups excluding carboxylic acids is 1. The van der Waals surface area contributed by atoms with E-state index in [-0.39, 0.29) is 18.0 Å². The van der Waals surface area contributed by atoms with Crippen LogP contribution in [0.5, 0.6) is 0 Å². The number of rotatable bonds is 5. The topological polar surface area (TPSA) is 90.9 Å². The molecule has 8 heteroatoms. The molecule has 2 heterocycles. The molecule has 156 valence electrons. The number of aryl methyl sites for hydroxylation is 1. The molecule has 0 atom stereocenters. The molecule has 1 amide bonds. The second-order valence-corrected chi connectivity index (χ2v) is 9.77. The second-order valence-electron chi connectivity index (χ2n) is 9.77. The first-order chi connectivity index (χ1) is 13.8. The Hall–Kier alpha value is -2.38. The van der Waals surface area contributed by atoms with E-state index in [1.54, 1.807) is 7.05 Å². The van der Waals surface area contributed by atoms with Gasteiger partial charge in [-0.3, -0.25) is 18.7 Å². The lowest BCUT2D eigenvalue weighted by atomic mass is 9.49. The van der Waals surface area contributed by atoms with E-state index < -0.39 is 11.2 Å². The van der Waals surface area contributed by atoms with Crippen LogP contribution in [0.15, 0.2) is 15.9 Å². The number of fused-ring (bicyclic) bond motifs is 1.